The van der Waals surface area contributed by atoms with Crippen molar-refractivity contribution in [2.45, 2.75) is 60.7 Å². The summed E-state index contributed by atoms with van der Waals surface area (Å²) in [5.41, 5.74) is 8.41. The number of carbonyl (C=O) groups is 2. The molecule has 0 saturated heterocycles. The summed E-state index contributed by atoms with van der Waals surface area (Å²) in [4.78, 5) is 25.5. The van der Waals surface area contributed by atoms with Crippen molar-refractivity contribution in [1.29, 1.82) is 0 Å². The largest absolute Gasteiger partial charge is 0.489 e. The standard InChI is InChI=1S/C37H47N3O6/c1-25(2)22-44-33-18-16-31(35(41)39-19-20-40-36(42)46-37(5,6)7)30(34(33)45-23-26(3)4)15-13-28-21-29(14-17-32(28)38)43-24-27-11-9-8-10-12-27/h8-12,14,16-18,21,25-26H,19-20,22-24,38H2,1-7H3,(H,39,41)(H,40,42). The maximum absolute atomic E-state index is 13.5. The predicted octanol–water partition coefficient (Wildman–Crippen LogP) is 6.57. The van der Waals surface area contributed by atoms with Gasteiger partial charge >= 0.3 is 6.09 Å². The highest BCUT2D eigenvalue weighted by molar-refractivity contribution is 5.98. The summed E-state index contributed by atoms with van der Waals surface area (Å²) in [5.74, 6) is 7.90. The highest BCUT2D eigenvalue weighted by Gasteiger charge is 2.21. The van der Waals surface area contributed by atoms with Gasteiger partial charge in [-0.25, -0.2) is 4.79 Å². The molecule has 0 fully saturated rings. The molecule has 9 heteroatoms. The van der Waals surface area contributed by atoms with Crippen molar-refractivity contribution < 1.29 is 28.5 Å². The van der Waals surface area contributed by atoms with Crippen LogP contribution in [0.5, 0.6) is 17.2 Å². The number of benzene rings is 3. The van der Waals surface area contributed by atoms with Gasteiger partial charge in [-0.2, -0.15) is 0 Å². The van der Waals surface area contributed by atoms with Crippen molar-refractivity contribution in [1.82, 2.24) is 10.6 Å². The molecule has 0 unspecified atom stereocenters. The minimum absolute atomic E-state index is 0.173. The first-order chi connectivity index (χ1) is 21.8. The first-order valence-corrected chi connectivity index (χ1v) is 15.6. The van der Waals surface area contributed by atoms with Gasteiger partial charge in [0.15, 0.2) is 11.5 Å². The van der Waals surface area contributed by atoms with E-state index in [1.165, 1.54) is 0 Å². The quantitative estimate of drug-likeness (QED) is 0.111. The first-order valence-electron chi connectivity index (χ1n) is 15.6. The number of carbonyl (C=O) groups excluding carboxylic acids is 2. The van der Waals surface area contributed by atoms with Crippen LogP contribution in [-0.4, -0.2) is 43.9 Å². The van der Waals surface area contributed by atoms with Gasteiger partial charge in [-0.15, -0.1) is 0 Å². The summed E-state index contributed by atoms with van der Waals surface area (Å²) in [6.07, 6.45) is -0.558. The molecule has 0 heterocycles. The zero-order chi connectivity index (χ0) is 33.7. The molecule has 46 heavy (non-hydrogen) atoms. The number of anilines is 1. The van der Waals surface area contributed by atoms with E-state index in [1.54, 1.807) is 51.1 Å². The van der Waals surface area contributed by atoms with Gasteiger partial charge in [0.2, 0.25) is 0 Å². The van der Waals surface area contributed by atoms with Crippen LogP contribution in [0.3, 0.4) is 0 Å². The molecule has 0 aliphatic rings. The first kappa shape index (κ1) is 35.6. The van der Waals surface area contributed by atoms with Crippen molar-refractivity contribution in [2.75, 3.05) is 32.0 Å². The van der Waals surface area contributed by atoms with Gasteiger partial charge in [-0.05, 0) is 68.5 Å². The second-order valence-electron chi connectivity index (χ2n) is 12.7. The number of amides is 2. The van der Waals surface area contributed by atoms with Gasteiger partial charge in [0.05, 0.1) is 29.9 Å². The van der Waals surface area contributed by atoms with Gasteiger partial charge in [0.25, 0.3) is 5.91 Å². The second kappa shape index (κ2) is 17.0. The Balaban J connectivity index is 1.94. The van der Waals surface area contributed by atoms with Crippen LogP contribution < -0.4 is 30.6 Å². The Kier molecular flexibility index (Phi) is 13.2. The van der Waals surface area contributed by atoms with E-state index in [0.717, 1.165) is 5.56 Å². The smallest absolute Gasteiger partial charge is 0.407 e. The van der Waals surface area contributed by atoms with Gasteiger partial charge in [-0.3, -0.25) is 4.79 Å². The van der Waals surface area contributed by atoms with E-state index in [-0.39, 0.29) is 30.8 Å². The van der Waals surface area contributed by atoms with Crippen LogP contribution in [0, 0.1) is 23.7 Å². The molecule has 0 radical (unpaired) electrons. The molecule has 9 nitrogen and oxygen atoms in total. The molecule has 246 valence electrons. The van der Waals surface area contributed by atoms with E-state index < -0.39 is 11.7 Å². The molecule has 0 atom stereocenters. The van der Waals surface area contributed by atoms with Crippen LogP contribution in [0.4, 0.5) is 10.5 Å². The number of rotatable bonds is 13. The Bertz CT molecular complexity index is 1520. The average Bonchev–Trinajstić information content (AvgIpc) is 2.99. The topological polar surface area (TPSA) is 121 Å². The third-order valence-electron chi connectivity index (χ3n) is 6.17. The third kappa shape index (κ3) is 11.9. The fourth-order valence-corrected chi connectivity index (χ4v) is 3.99. The summed E-state index contributed by atoms with van der Waals surface area (Å²) in [5, 5.41) is 5.50. The monoisotopic (exact) mass is 629 g/mol. The van der Waals surface area contributed by atoms with Crippen LogP contribution in [-0.2, 0) is 11.3 Å². The van der Waals surface area contributed by atoms with Crippen LogP contribution >= 0.6 is 0 Å². The maximum Gasteiger partial charge on any atom is 0.407 e. The highest BCUT2D eigenvalue weighted by Crippen LogP contribution is 2.35. The Morgan fingerprint density at radius 2 is 1.50 bits per heavy atom. The Morgan fingerprint density at radius 1 is 0.826 bits per heavy atom. The number of hydrogen-bond acceptors (Lipinski definition) is 7. The van der Waals surface area contributed by atoms with Crippen molar-refractivity contribution in [3.05, 3.63) is 82.9 Å². The fraction of sp³-hybridized carbons (Fsp3) is 0.405. The Hall–Kier alpha value is -4.84. The molecule has 3 rings (SSSR count). The summed E-state index contributed by atoms with van der Waals surface area (Å²) in [7, 11) is 0. The predicted molar refractivity (Wildman–Crippen MR) is 181 cm³/mol. The molecule has 0 aliphatic carbocycles. The summed E-state index contributed by atoms with van der Waals surface area (Å²) < 4.78 is 23.6. The van der Waals surface area contributed by atoms with E-state index in [9.17, 15) is 9.59 Å². The van der Waals surface area contributed by atoms with Crippen molar-refractivity contribution in [3.63, 3.8) is 0 Å². The minimum Gasteiger partial charge on any atom is -0.489 e. The van der Waals surface area contributed by atoms with Crippen molar-refractivity contribution in [3.8, 4) is 29.1 Å². The Morgan fingerprint density at radius 3 is 2.17 bits per heavy atom. The molecule has 2 amide bonds. The highest BCUT2D eigenvalue weighted by atomic mass is 16.6. The molecule has 4 N–H and O–H groups in total. The molecule has 0 aliphatic heterocycles. The van der Waals surface area contributed by atoms with Crippen molar-refractivity contribution in [2.24, 2.45) is 11.8 Å². The SMILES string of the molecule is CC(C)COc1ccc(C(=O)NCCNC(=O)OC(C)(C)C)c(C#Cc2cc(OCc3ccccc3)ccc2N)c1OCC(C)C. The summed E-state index contributed by atoms with van der Waals surface area (Å²) >= 11 is 0. The third-order valence-corrected chi connectivity index (χ3v) is 6.17. The molecule has 0 spiro atoms. The summed E-state index contributed by atoms with van der Waals surface area (Å²) in [6, 6.07) is 18.6. The zero-order valence-electron chi connectivity index (χ0n) is 28.0. The lowest BCUT2D eigenvalue weighted by atomic mass is 10.0. The van der Waals surface area contributed by atoms with E-state index >= 15 is 0 Å². The molecule has 0 aromatic heterocycles. The zero-order valence-corrected chi connectivity index (χ0v) is 28.0. The van der Waals surface area contributed by atoms with Crippen LogP contribution in [0.15, 0.2) is 60.7 Å². The van der Waals surface area contributed by atoms with Crippen LogP contribution in [0.1, 0.15) is 75.5 Å². The maximum atomic E-state index is 13.5. The number of nitrogen functional groups attached to an aromatic ring is 1. The van der Waals surface area contributed by atoms with Gasteiger partial charge in [0, 0.05) is 18.8 Å². The van der Waals surface area contributed by atoms with E-state index in [4.69, 9.17) is 24.7 Å². The van der Waals surface area contributed by atoms with Crippen LogP contribution in [0.25, 0.3) is 0 Å². The second-order valence-corrected chi connectivity index (χ2v) is 12.7. The van der Waals surface area contributed by atoms with Crippen molar-refractivity contribution >= 4 is 17.7 Å². The van der Waals surface area contributed by atoms with E-state index in [1.807, 2.05) is 44.2 Å². The van der Waals surface area contributed by atoms with Gasteiger partial charge < -0.3 is 35.3 Å². The van der Waals surface area contributed by atoms with Crippen LogP contribution in [0.2, 0.25) is 0 Å². The molecule has 0 bridgehead atoms. The number of hydrogen-bond donors (Lipinski definition) is 3. The normalized spacial score (nSPS) is 11.0. The number of alkyl carbamates (subject to hydrolysis) is 1. The molecular weight excluding hydrogens is 582 g/mol. The van der Waals surface area contributed by atoms with E-state index in [2.05, 4.69) is 36.3 Å². The fourth-order valence-electron chi connectivity index (χ4n) is 3.99. The number of nitrogens with one attached hydrogen (secondary N) is 2. The lowest BCUT2D eigenvalue weighted by Gasteiger charge is -2.20. The molecule has 0 saturated carbocycles. The minimum atomic E-state index is -0.621. The number of ether oxygens (including phenoxy) is 4. The van der Waals surface area contributed by atoms with Gasteiger partial charge in [0.1, 0.15) is 18.0 Å². The number of nitrogens with two attached hydrogens (primary N) is 1. The average molecular weight is 630 g/mol. The molecular formula is C37H47N3O6. The Labute approximate surface area is 273 Å². The van der Waals surface area contributed by atoms with E-state index in [0.29, 0.717) is 59.4 Å². The lowest BCUT2D eigenvalue weighted by Crippen LogP contribution is -2.38. The van der Waals surface area contributed by atoms with Gasteiger partial charge in [-0.1, -0.05) is 69.9 Å². The summed E-state index contributed by atoms with van der Waals surface area (Å²) in [6.45, 7) is 15.1. The molecule has 3 aromatic carbocycles. The lowest BCUT2D eigenvalue weighted by molar-refractivity contribution is 0.0526. The molecule has 3 aromatic rings.